The number of allylic oxidation sites excluding steroid dienone is 1. The first-order valence-corrected chi connectivity index (χ1v) is 22.6. The van der Waals surface area contributed by atoms with Gasteiger partial charge in [-0.2, -0.15) is 0 Å². The van der Waals surface area contributed by atoms with E-state index in [2.05, 4.69) is 72.2 Å². The molecule has 0 bridgehead atoms. The van der Waals surface area contributed by atoms with Crippen LogP contribution in [0.15, 0.2) is 12.2 Å². The zero-order chi connectivity index (χ0) is 41.0. The second kappa shape index (κ2) is 15.0. The van der Waals surface area contributed by atoms with Crippen molar-refractivity contribution in [2.24, 2.45) is 73.4 Å². The second-order valence-corrected chi connectivity index (χ2v) is 23.1. The van der Waals surface area contributed by atoms with Gasteiger partial charge in [-0.25, -0.2) is 0 Å². The number of carboxylic acid groups (broad SMARTS) is 1. The minimum absolute atomic E-state index is 0. The van der Waals surface area contributed by atoms with Gasteiger partial charge in [-0.3, -0.25) is 14.4 Å². The molecular weight excluding hydrogens is 707 g/mol. The third kappa shape index (κ3) is 6.73. The topological polar surface area (TPSA) is 116 Å². The van der Waals surface area contributed by atoms with Gasteiger partial charge >= 0.3 is 24.8 Å². The molecule has 7 fully saturated rings. The maximum absolute atomic E-state index is 15.0. The van der Waals surface area contributed by atoms with Crippen LogP contribution in [0.2, 0.25) is 0 Å². The summed E-state index contributed by atoms with van der Waals surface area (Å²) in [6, 6.07) is 0.0165. The van der Waals surface area contributed by atoms with Crippen LogP contribution in [0.5, 0.6) is 0 Å². The molecule has 6 aliphatic carbocycles. The third-order valence-corrected chi connectivity index (χ3v) is 19.4. The Balaban J connectivity index is 0.00000549. The molecule has 0 spiro atoms. The predicted molar refractivity (Wildman–Crippen MR) is 217 cm³/mol. The molecule has 0 aromatic heterocycles. The Morgan fingerprint density at radius 3 is 2.09 bits per heavy atom. The van der Waals surface area contributed by atoms with E-state index in [-0.39, 0.29) is 88.2 Å². The molecule has 314 valence electrons. The summed E-state index contributed by atoms with van der Waals surface area (Å²) in [5.41, 5.74) is -0.652. The van der Waals surface area contributed by atoms with E-state index in [1.54, 1.807) is 0 Å². The van der Waals surface area contributed by atoms with Crippen LogP contribution in [0.1, 0.15) is 166 Å². The van der Waals surface area contributed by atoms with Crippen LogP contribution in [0.3, 0.4) is 0 Å². The average Bonchev–Trinajstić information content (AvgIpc) is 3.53. The van der Waals surface area contributed by atoms with E-state index in [9.17, 15) is 19.5 Å². The fraction of sp³-hybridized carbons (Fsp3) is 0.875. The number of esters is 1. The molecule has 6 saturated carbocycles. The van der Waals surface area contributed by atoms with Crippen LogP contribution in [-0.2, 0) is 23.9 Å². The molecule has 9 heteroatoms. The molecule has 7 aliphatic rings. The smallest absolute Gasteiger partial charge is 0.550 e. The summed E-state index contributed by atoms with van der Waals surface area (Å²) in [7, 11) is 0. The number of carboxylic acids is 1. The Bertz CT molecular complexity index is 1630. The minimum Gasteiger partial charge on any atom is -0.550 e. The summed E-state index contributed by atoms with van der Waals surface area (Å²) < 4.78 is 6.17. The summed E-state index contributed by atoms with van der Waals surface area (Å²) in [5.74, 6) is 0.790. The van der Waals surface area contributed by atoms with Crippen molar-refractivity contribution < 1.29 is 47.9 Å². The quantitative estimate of drug-likeness (QED) is 0.204. The second-order valence-electron chi connectivity index (χ2n) is 23.1. The van der Waals surface area contributed by atoms with Gasteiger partial charge in [0, 0.05) is 41.8 Å². The maximum atomic E-state index is 15.0. The number of rotatable bonds is 8. The number of aliphatic carboxylic acids is 1. The predicted octanol–water partition coefficient (Wildman–Crippen LogP) is 5.27. The van der Waals surface area contributed by atoms with Gasteiger partial charge < -0.3 is 24.9 Å². The van der Waals surface area contributed by atoms with Gasteiger partial charge in [0.25, 0.3) is 0 Å². The van der Waals surface area contributed by atoms with Crippen LogP contribution >= 0.6 is 0 Å². The Hall–Kier alpha value is -1.78. The van der Waals surface area contributed by atoms with Gasteiger partial charge in [0.05, 0.1) is 11.8 Å². The Kier molecular flexibility index (Phi) is 11.8. The number of piperidine rings is 1. The minimum atomic E-state index is -1.27. The van der Waals surface area contributed by atoms with E-state index in [1.807, 2.05) is 0 Å². The molecule has 57 heavy (non-hydrogen) atoms. The van der Waals surface area contributed by atoms with E-state index < -0.39 is 22.8 Å². The number of hydrogen-bond acceptors (Lipinski definition) is 6. The van der Waals surface area contributed by atoms with Gasteiger partial charge in [-0.15, -0.1) is 0 Å². The molecule has 1 saturated heterocycles. The van der Waals surface area contributed by atoms with Gasteiger partial charge in [0.2, 0.25) is 11.8 Å². The zero-order valence-corrected chi connectivity index (χ0v) is 37.7. The molecule has 7 rings (SSSR count). The van der Waals surface area contributed by atoms with Crippen molar-refractivity contribution in [1.29, 1.82) is 0 Å². The molecule has 0 aromatic carbocycles. The number of fused-ring (bicyclic) bond motifs is 7. The molecule has 2 amide bonds. The number of nitrogens with one attached hydrogen (secondary N) is 1. The van der Waals surface area contributed by atoms with Crippen molar-refractivity contribution in [2.45, 2.75) is 178 Å². The van der Waals surface area contributed by atoms with Crippen LogP contribution in [0, 0.1) is 73.4 Å². The summed E-state index contributed by atoms with van der Waals surface area (Å²) in [4.78, 5) is 55.5. The van der Waals surface area contributed by atoms with Gasteiger partial charge in [0.1, 0.15) is 6.10 Å². The molecule has 8 nitrogen and oxygen atoms in total. The summed E-state index contributed by atoms with van der Waals surface area (Å²) in [5, 5.41) is 15.3. The first kappa shape index (κ1) is 44.8. The summed E-state index contributed by atoms with van der Waals surface area (Å²) >= 11 is 0. The fourth-order valence-corrected chi connectivity index (χ4v) is 15.6. The van der Waals surface area contributed by atoms with E-state index in [0.717, 1.165) is 96.6 Å². The number of likely N-dealkylation sites (tertiary alicyclic amines) is 1. The zero-order valence-electron chi connectivity index (χ0n) is 37.7. The SMILES string of the molecule is C=C(C)[C@@H]1CC[C@]2(C(=O)N[C@@H]3C[C@H](C(=O)N4CCCCC4)C3(C)C)CC[C@]3(C)C(CCC4[C@@]5(C)CC[C@H](OC(=O)CC(C)(C)C(=O)[O-])C(C)(C)C5CC[C@]43C)C12.[Li+]. The molecule has 1 N–H and O–H groups in total. The van der Waals surface area contributed by atoms with Crippen LogP contribution in [-0.4, -0.2) is 53.9 Å². The largest absolute Gasteiger partial charge is 1.00 e. The van der Waals surface area contributed by atoms with Crippen molar-refractivity contribution in [3.05, 3.63) is 12.2 Å². The van der Waals surface area contributed by atoms with E-state index in [1.165, 1.54) is 25.8 Å². The van der Waals surface area contributed by atoms with Gasteiger partial charge in [-0.05, 0) is 148 Å². The number of nitrogens with zero attached hydrogens (tertiary/aromatic N) is 1. The first-order chi connectivity index (χ1) is 26.0. The molecule has 1 aliphatic heterocycles. The van der Waals surface area contributed by atoms with Crippen molar-refractivity contribution >= 4 is 23.8 Å². The Labute approximate surface area is 356 Å². The summed E-state index contributed by atoms with van der Waals surface area (Å²) in [6.45, 7) is 28.3. The number of carbonyl (C=O) groups is 4. The Morgan fingerprint density at radius 1 is 0.807 bits per heavy atom. The van der Waals surface area contributed by atoms with Gasteiger partial charge in [0.15, 0.2) is 0 Å². The number of amides is 2. The molecule has 0 aromatic rings. The van der Waals surface area contributed by atoms with Crippen molar-refractivity contribution in [3.63, 3.8) is 0 Å². The monoisotopic (exact) mass is 783 g/mol. The standard InChI is InChI=1S/C48H76N2O6.Li/c1-29(2)30-17-22-48(40(53)49-35-27-32(43(35,5)6)39(52)50-25-13-12-14-26-50)24-23-46(10)31(38(30)48)15-16-34-45(9)20-19-36(56-37(51)28-42(3,4)41(54)55)44(7,8)33(45)18-21-47(34,46)11;/h30-36,38H,1,12-28H2,2-11H3,(H,49,53)(H,54,55);/q;+1/p-1/t30-,31?,32+,33?,34?,35+,36-,38?,45-,46+,47+,48-;/m0./s1. The van der Waals surface area contributed by atoms with E-state index in [4.69, 9.17) is 4.74 Å². The number of hydrogen-bond donors (Lipinski definition) is 1. The number of ether oxygens (including phenoxy) is 1. The van der Waals surface area contributed by atoms with Crippen LogP contribution < -0.4 is 29.3 Å². The normalized spacial score (nSPS) is 43.0. The molecule has 4 unspecified atom stereocenters. The fourth-order valence-electron chi connectivity index (χ4n) is 15.6. The van der Waals surface area contributed by atoms with Gasteiger partial charge in [-0.1, -0.05) is 74.5 Å². The third-order valence-electron chi connectivity index (χ3n) is 19.4. The van der Waals surface area contributed by atoms with Crippen LogP contribution in [0.25, 0.3) is 0 Å². The maximum Gasteiger partial charge on any atom is 1.00 e. The van der Waals surface area contributed by atoms with E-state index >= 15 is 4.79 Å². The van der Waals surface area contributed by atoms with Crippen molar-refractivity contribution in [3.8, 4) is 0 Å². The average molecular weight is 783 g/mol. The Morgan fingerprint density at radius 2 is 1.47 bits per heavy atom. The number of carbonyl (C=O) groups excluding carboxylic acids is 4. The van der Waals surface area contributed by atoms with Crippen molar-refractivity contribution in [1.82, 2.24) is 10.2 Å². The van der Waals surface area contributed by atoms with Crippen molar-refractivity contribution in [2.75, 3.05) is 13.1 Å². The first-order valence-electron chi connectivity index (χ1n) is 22.6. The molecular formula is C48H75LiN2O6. The van der Waals surface area contributed by atoms with E-state index in [0.29, 0.717) is 23.7 Å². The molecule has 1 heterocycles. The van der Waals surface area contributed by atoms with Crippen LogP contribution in [0.4, 0.5) is 0 Å². The molecule has 0 radical (unpaired) electrons. The summed E-state index contributed by atoms with van der Waals surface area (Å²) in [6.07, 6.45) is 13.9. The molecule has 12 atom stereocenters.